The van der Waals surface area contributed by atoms with Gasteiger partial charge in [-0.25, -0.2) is 4.98 Å². The van der Waals surface area contributed by atoms with E-state index >= 15 is 0 Å². The van der Waals surface area contributed by atoms with E-state index < -0.39 is 5.92 Å². The van der Waals surface area contributed by atoms with Crippen molar-refractivity contribution in [1.29, 1.82) is 0 Å². The number of aryl methyl sites for hydroxylation is 2. The van der Waals surface area contributed by atoms with Crippen LogP contribution in [0.4, 0.5) is 23.1 Å². The molecule has 1 unspecified atom stereocenters. The molecule has 4 N–H and O–H groups in total. The number of imide groups is 1. The lowest BCUT2D eigenvalue weighted by Crippen LogP contribution is -2.39. The average Bonchev–Trinajstić information content (AvgIpc) is 3.48. The molecule has 2 aliphatic rings. The summed E-state index contributed by atoms with van der Waals surface area (Å²) in [6, 6.07) is 13.2. The lowest BCUT2D eigenvalue weighted by atomic mass is 9.93. The van der Waals surface area contributed by atoms with E-state index in [9.17, 15) is 19.2 Å². The van der Waals surface area contributed by atoms with E-state index in [0.29, 0.717) is 52.4 Å². The molecule has 3 aromatic heterocycles. The van der Waals surface area contributed by atoms with Gasteiger partial charge in [0.1, 0.15) is 5.02 Å². The number of halogens is 1. The van der Waals surface area contributed by atoms with Gasteiger partial charge in [-0.1, -0.05) is 11.6 Å². The van der Waals surface area contributed by atoms with E-state index in [0.717, 1.165) is 60.9 Å². The van der Waals surface area contributed by atoms with E-state index in [1.54, 1.807) is 24.0 Å². The van der Waals surface area contributed by atoms with Crippen molar-refractivity contribution in [3.05, 3.63) is 69.7 Å². The highest BCUT2D eigenvalue weighted by molar-refractivity contribution is 6.33. The molecule has 15 nitrogen and oxygen atoms in total. The molecule has 16 heteroatoms. The van der Waals surface area contributed by atoms with Gasteiger partial charge >= 0.3 is 0 Å². The second-order valence-electron chi connectivity index (χ2n) is 13.5. The number of nitrogens with one attached hydrogen (secondary N) is 4. The number of nitrogens with zero attached hydrogens (tertiary/aromatic N) is 6. The second kappa shape index (κ2) is 15.1. The summed E-state index contributed by atoms with van der Waals surface area (Å²) in [6.45, 7) is 2.16. The number of anilines is 4. The van der Waals surface area contributed by atoms with Crippen LogP contribution >= 0.6 is 11.6 Å². The van der Waals surface area contributed by atoms with Crippen LogP contribution in [0.2, 0.25) is 5.02 Å². The summed E-state index contributed by atoms with van der Waals surface area (Å²) in [4.78, 5) is 60.2. The van der Waals surface area contributed by atoms with Crippen molar-refractivity contribution >= 4 is 74.3 Å². The molecular weight excluding hydrogens is 700 g/mol. The fourth-order valence-electron chi connectivity index (χ4n) is 7.09. The first-order valence-corrected chi connectivity index (χ1v) is 18.0. The van der Waals surface area contributed by atoms with Crippen molar-refractivity contribution in [1.82, 2.24) is 34.9 Å². The first-order chi connectivity index (χ1) is 25.6. The van der Waals surface area contributed by atoms with Crippen molar-refractivity contribution in [3.8, 4) is 5.75 Å². The van der Waals surface area contributed by atoms with E-state index in [-0.39, 0.29) is 35.6 Å². The van der Waals surface area contributed by atoms with Crippen molar-refractivity contribution in [3.63, 3.8) is 0 Å². The van der Waals surface area contributed by atoms with Crippen molar-refractivity contribution in [2.75, 3.05) is 48.8 Å². The average molecular weight is 741 g/mol. The van der Waals surface area contributed by atoms with Crippen LogP contribution in [0.1, 0.15) is 43.7 Å². The van der Waals surface area contributed by atoms with Crippen LogP contribution in [-0.4, -0.2) is 75.3 Å². The van der Waals surface area contributed by atoms with Gasteiger partial charge in [0.15, 0.2) is 18.2 Å². The summed E-state index contributed by atoms with van der Waals surface area (Å²) in [5, 5.41) is 18.5. The molecule has 0 spiro atoms. The van der Waals surface area contributed by atoms with Gasteiger partial charge in [0, 0.05) is 69.3 Å². The maximum Gasteiger partial charge on any atom is 0.293 e. The van der Waals surface area contributed by atoms with Gasteiger partial charge < -0.3 is 30.2 Å². The predicted octanol–water partition coefficient (Wildman–Crippen LogP) is 3.98. The van der Waals surface area contributed by atoms with E-state index in [1.165, 1.54) is 11.6 Å². The van der Waals surface area contributed by atoms with E-state index in [4.69, 9.17) is 21.3 Å². The Morgan fingerprint density at radius 3 is 2.70 bits per heavy atom. The van der Waals surface area contributed by atoms with Gasteiger partial charge in [-0.15, -0.1) is 0 Å². The highest BCUT2D eigenvalue weighted by Crippen LogP contribution is 2.33. The quantitative estimate of drug-likeness (QED) is 0.144. The number of piperidine rings is 2. The molecule has 2 fully saturated rings. The van der Waals surface area contributed by atoms with Gasteiger partial charge in [-0.2, -0.15) is 10.1 Å². The Labute approximate surface area is 310 Å². The third kappa shape index (κ3) is 7.61. The number of fused-ring (bicyclic) bond motifs is 2. The first-order valence-electron chi connectivity index (χ1n) is 17.6. The van der Waals surface area contributed by atoms with Crippen LogP contribution in [0.3, 0.4) is 0 Å². The molecule has 2 aliphatic heterocycles. The van der Waals surface area contributed by atoms with Crippen LogP contribution < -0.4 is 36.5 Å². The Morgan fingerprint density at radius 1 is 1.06 bits per heavy atom. The molecule has 276 valence electrons. The number of carbonyl (C=O) groups excluding carboxylic acids is 3. The van der Waals surface area contributed by atoms with Crippen LogP contribution in [-0.2, 0) is 28.5 Å². The number of carbonyl (C=O) groups is 3. The number of amides is 3. The normalized spacial score (nSPS) is 17.5. The Bertz CT molecular complexity index is 2290. The van der Waals surface area contributed by atoms with E-state index in [2.05, 4.69) is 42.3 Å². The summed E-state index contributed by atoms with van der Waals surface area (Å²) in [5.74, 6) is 0.267. The number of ether oxygens (including phenoxy) is 1. The zero-order valence-corrected chi connectivity index (χ0v) is 30.5. The summed E-state index contributed by atoms with van der Waals surface area (Å²) in [5.41, 5.74) is 3.67. The van der Waals surface area contributed by atoms with E-state index in [1.807, 2.05) is 37.4 Å². The molecule has 5 aromatic rings. The fraction of sp³-hybridized carbons (Fsp3) is 0.378. The summed E-state index contributed by atoms with van der Waals surface area (Å²) in [6.07, 6.45) is 5.44. The van der Waals surface area contributed by atoms with Crippen LogP contribution in [0.5, 0.6) is 5.75 Å². The molecular formula is C37H41ClN10O5. The maximum atomic E-state index is 12.8. The van der Waals surface area contributed by atoms with Gasteiger partial charge in [0.25, 0.3) is 11.5 Å². The molecule has 0 bridgehead atoms. The Morgan fingerprint density at radius 2 is 1.89 bits per heavy atom. The second-order valence-corrected chi connectivity index (χ2v) is 13.9. The zero-order chi connectivity index (χ0) is 37.2. The minimum atomic E-state index is -0.436. The Balaban J connectivity index is 0.987. The van der Waals surface area contributed by atoms with Crippen LogP contribution in [0.25, 0.3) is 21.8 Å². The van der Waals surface area contributed by atoms with Gasteiger partial charge in [-0.05, 0) is 74.1 Å². The monoisotopic (exact) mass is 740 g/mol. The molecule has 3 amide bonds. The number of hydrogen-bond acceptors (Lipinski definition) is 11. The predicted molar refractivity (Wildman–Crippen MR) is 203 cm³/mol. The van der Waals surface area contributed by atoms with Gasteiger partial charge in [0.2, 0.25) is 17.8 Å². The summed E-state index contributed by atoms with van der Waals surface area (Å²) < 4.78 is 8.77. The molecule has 0 radical (unpaired) electrons. The highest BCUT2D eigenvalue weighted by atomic mass is 35.5. The topological polar surface area (TPSA) is 177 Å². The summed E-state index contributed by atoms with van der Waals surface area (Å²) >= 11 is 6.56. The minimum Gasteiger partial charge on any atom is -0.478 e. The standard InChI is InChI=1S/C37H41ClN10O5/c1-39-32(50)20-53-30-16-22-15-24(7-10-28(22)46(2)36(30)52)42-34-27(38)18-41-37(44-34)48-14-4-5-21(19-48)12-13-40-23-6-8-25-29(17-23)47(3)45-33(25)26-9-11-31(49)43-35(26)51/h6-8,10,15-18,21,26,40H,4-5,9,11-14,19-20H2,1-3H3,(H,39,50)(H,41,42,44)(H,43,49,51)/t21-,26?/m1/s1. The van der Waals surface area contributed by atoms with Crippen molar-refractivity contribution < 1.29 is 19.1 Å². The first kappa shape index (κ1) is 35.7. The zero-order valence-electron chi connectivity index (χ0n) is 29.7. The Kier molecular flexibility index (Phi) is 10.2. The molecule has 2 atom stereocenters. The fourth-order valence-corrected chi connectivity index (χ4v) is 7.23. The largest absolute Gasteiger partial charge is 0.478 e. The number of pyridine rings is 1. The SMILES string of the molecule is CNC(=O)COc1cc2cc(Nc3nc(N4CCC[C@H](CCNc5ccc6c(C7CCC(=O)NC7=O)nn(C)c6c5)C4)ncc3Cl)ccc2n(C)c1=O. The minimum absolute atomic E-state index is 0.0769. The molecule has 2 aromatic carbocycles. The highest BCUT2D eigenvalue weighted by Gasteiger charge is 2.31. The van der Waals surface area contributed by atoms with Crippen LogP contribution in [0, 0.1) is 5.92 Å². The lowest BCUT2D eigenvalue weighted by molar-refractivity contribution is -0.134. The van der Waals surface area contributed by atoms with Crippen LogP contribution in [0.15, 0.2) is 53.5 Å². The third-order valence-corrected chi connectivity index (χ3v) is 10.2. The smallest absolute Gasteiger partial charge is 0.293 e. The molecule has 5 heterocycles. The molecule has 53 heavy (non-hydrogen) atoms. The third-order valence-electron chi connectivity index (χ3n) is 9.96. The van der Waals surface area contributed by atoms with Crippen molar-refractivity contribution in [2.45, 2.75) is 38.0 Å². The van der Waals surface area contributed by atoms with Gasteiger partial charge in [0.05, 0.1) is 28.8 Å². The maximum absolute atomic E-state index is 12.8. The number of aromatic nitrogens is 5. The Hall–Kier alpha value is -5.70. The van der Waals surface area contributed by atoms with Crippen molar-refractivity contribution in [2.24, 2.45) is 20.0 Å². The van der Waals surface area contributed by atoms with Gasteiger partial charge in [-0.3, -0.25) is 29.2 Å². The number of hydrogen-bond donors (Lipinski definition) is 4. The summed E-state index contributed by atoms with van der Waals surface area (Å²) in [7, 11) is 5.03. The lowest BCUT2D eigenvalue weighted by Gasteiger charge is -2.33. The number of rotatable bonds is 11. The molecule has 7 rings (SSSR count). The molecule has 2 saturated heterocycles. The number of benzene rings is 2. The molecule has 0 saturated carbocycles. The number of likely N-dealkylation sites (N-methyl/N-ethyl adjacent to an activating group) is 1. The molecule has 0 aliphatic carbocycles.